The van der Waals surface area contributed by atoms with Crippen LogP contribution in [0.15, 0.2) is 12.3 Å². The third-order valence-electron chi connectivity index (χ3n) is 3.41. The van der Waals surface area contributed by atoms with E-state index in [4.69, 9.17) is 16.9 Å². The van der Waals surface area contributed by atoms with Crippen molar-refractivity contribution in [1.82, 2.24) is 9.88 Å². The van der Waals surface area contributed by atoms with Crippen molar-refractivity contribution in [2.45, 2.75) is 12.8 Å². The Morgan fingerprint density at radius 2 is 2.28 bits per heavy atom. The first-order valence-corrected chi connectivity index (χ1v) is 6.55. The summed E-state index contributed by atoms with van der Waals surface area (Å²) in [6.45, 7) is 3.16. The number of anilines is 1. The van der Waals surface area contributed by atoms with Crippen molar-refractivity contribution < 1.29 is 0 Å². The Bertz CT molecular complexity index is 447. The smallest absolute Gasteiger partial charge is 0.146 e. The van der Waals surface area contributed by atoms with Gasteiger partial charge < -0.3 is 10.2 Å². The van der Waals surface area contributed by atoms with Gasteiger partial charge in [0.1, 0.15) is 16.9 Å². The fourth-order valence-electron chi connectivity index (χ4n) is 2.16. The minimum absolute atomic E-state index is 0.424. The molecule has 1 N–H and O–H groups in total. The molecule has 2 heterocycles. The third-order valence-corrected chi connectivity index (χ3v) is 3.79. The van der Waals surface area contributed by atoms with E-state index in [2.05, 4.69) is 28.3 Å². The van der Waals surface area contributed by atoms with E-state index in [1.165, 1.54) is 12.8 Å². The number of nitrogens with one attached hydrogen (secondary N) is 1. The molecule has 96 valence electrons. The molecule has 4 nitrogen and oxygen atoms in total. The first kappa shape index (κ1) is 13.1. The van der Waals surface area contributed by atoms with E-state index >= 15 is 0 Å². The van der Waals surface area contributed by atoms with Gasteiger partial charge in [0.2, 0.25) is 0 Å². The zero-order valence-electron chi connectivity index (χ0n) is 10.5. The van der Waals surface area contributed by atoms with Crippen LogP contribution in [0.3, 0.4) is 0 Å². The number of hydrogen-bond donors (Lipinski definition) is 1. The third kappa shape index (κ3) is 3.12. The van der Waals surface area contributed by atoms with Crippen LogP contribution in [0.25, 0.3) is 0 Å². The maximum Gasteiger partial charge on any atom is 0.146 e. The summed E-state index contributed by atoms with van der Waals surface area (Å²) in [4.78, 5) is 6.53. The van der Waals surface area contributed by atoms with Crippen LogP contribution in [0.5, 0.6) is 0 Å². The van der Waals surface area contributed by atoms with Gasteiger partial charge in [0.25, 0.3) is 0 Å². The molecular weight excluding hydrogens is 248 g/mol. The highest BCUT2D eigenvalue weighted by Crippen LogP contribution is 2.24. The molecule has 1 saturated heterocycles. The van der Waals surface area contributed by atoms with Crippen LogP contribution in [0.4, 0.5) is 5.82 Å². The Morgan fingerprint density at radius 3 is 2.94 bits per heavy atom. The van der Waals surface area contributed by atoms with E-state index in [0.29, 0.717) is 22.3 Å². The topological polar surface area (TPSA) is 52.0 Å². The quantitative estimate of drug-likeness (QED) is 0.911. The summed E-state index contributed by atoms with van der Waals surface area (Å²) in [5, 5.41) is 12.6. The molecular formula is C13H17ClN4. The van der Waals surface area contributed by atoms with Gasteiger partial charge in [-0.15, -0.1) is 0 Å². The molecule has 0 unspecified atom stereocenters. The molecule has 1 aromatic rings. The number of rotatable bonds is 3. The summed E-state index contributed by atoms with van der Waals surface area (Å²) >= 11 is 6.09. The van der Waals surface area contributed by atoms with Crippen molar-refractivity contribution in [3.8, 4) is 6.07 Å². The first-order chi connectivity index (χ1) is 8.70. The molecule has 1 aliphatic heterocycles. The van der Waals surface area contributed by atoms with Gasteiger partial charge in [-0.05, 0) is 45.0 Å². The van der Waals surface area contributed by atoms with Crippen molar-refractivity contribution in [2.24, 2.45) is 5.92 Å². The van der Waals surface area contributed by atoms with Crippen LogP contribution in [0, 0.1) is 17.2 Å². The van der Waals surface area contributed by atoms with Gasteiger partial charge in [0.05, 0.1) is 5.56 Å². The molecule has 1 aromatic heterocycles. The van der Waals surface area contributed by atoms with Gasteiger partial charge in [-0.3, -0.25) is 0 Å². The summed E-state index contributed by atoms with van der Waals surface area (Å²) in [5.41, 5.74) is 0.470. The Morgan fingerprint density at radius 1 is 1.56 bits per heavy atom. The molecule has 0 atom stereocenters. The second-order valence-corrected chi connectivity index (χ2v) is 5.14. The zero-order valence-corrected chi connectivity index (χ0v) is 11.2. The predicted octanol–water partition coefficient (Wildman–Crippen LogP) is 2.36. The monoisotopic (exact) mass is 264 g/mol. The number of nitriles is 1. The number of pyridine rings is 1. The molecule has 0 aromatic carbocycles. The second-order valence-electron chi connectivity index (χ2n) is 4.76. The number of hydrogen-bond acceptors (Lipinski definition) is 4. The molecule has 2 rings (SSSR count). The minimum atomic E-state index is 0.424. The maximum atomic E-state index is 8.89. The van der Waals surface area contributed by atoms with Crippen molar-refractivity contribution >= 4 is 17.4 Å². The van der Waals surface area contributed by atoms with Gasteiger partial charge in [-0.1, -0.05) is 11.6 Å². The van der Waals surface area contributed by atoms with Gasteiger partial charge >= 0.3 is 0 Å². The molecule has 0 aliphatic carbocycles. The number of halogens is 1. The van der Waals surface area contributed by atoms with Gasteiger partial charge in [-0.25, -0.2) is 4.98 Å². The lowest BCUT2D eigenvalue weighted by molar-refractivity contribution is 0.226. The average molecular weight is 265 g/mol. The molecule has 18 heavy (non-hydrogen) atoms. The fourth-order valence-corrected chi connectivity index (χ4v) is 2.38. The molecule has 0 radical (unpaired) electrons. The molecule has 1 aliphatic rings. The number of aromatic nitrogens is 1. The SMILES string of the molecule is CN1CCC(CNc2nccc(C#N)c2Cl)CC1. The molecule has 1 fully saturated rings. The van der Waals surface area contributed by atoms with Gasteiger partial charge in [0, 0.05) is 12.7 Å². The van der Waals surface area contributed by atoms with E-state index in [1.807, 2.05) is 0 Å². The van der Waals surface area contributed by atoms with E-state index in [-0.39, 0.29) is 0 Å². The standard InChI is InChI=1S/C13H17ClN4/c1-18-6-3-10(4-7-18)9-17-13-12(14)11(8-15)2-5-16-13/h2,5,10H,3-4,6-7,9H2,1H3,(H,16,17). The average Bonchev–Trinajstić information content (AvgIpc) is 2.39. The summed E-state index contributed by atoms with van der Waals surface area (Å²) in [6.07, 6.45) is 4.00. The first-order valence-electron chi connectivity index (χ1n) is 6.17. The lowest BCUT2D eigenvalue weighted by Gasteiger charge is -2.29. The second kappa shape index (κ2) is 6.03. The Hall–Kier alpha value is -1.31. The highest BCUT2D eigenvalue weighted by atomic mass is 35.5. The zero-order chi connectivity index (χ0) is 13.0. The summed E-state index contributed by atoms with van der Waals surface area (Å²) < 4.78 is 0. The highest BCUT2D eigenvalue weighted by molar-refractivity contribution is 6.34. The molecule has 5 heteroatoms. The minimum Gasteiger partial charge on any atom is -0.369 e. The van der Waals surface area contributed by atoms with Gasteiger partial charge in [-0.2, -0.15) is 5.26 Å². The van der Waals surface area contributed by atoms with E-state index in [0.717, 1.165) is 19.6 Å². The Labute approximate surface area is 113 Å². The lowest BCUT2D eigenvalue weighted by atomic mass is 9.97. The Balaban J connectivity index is 1.93. The van der Waals surface area contributed by atoms with Crippen LogP contribution >= 0.6 is 11.6 Å². The van der Waals surface area contributed by atoms with Crippen molar-refractivity contribution in [3.05, 3.63) is 22.8 Å². The van der Waals surface area contributed by atoms with Crippen LogP contribution in [-0.4, -0.2) is 36.6 Å². The van der Waals surface area contributed by atoms with E-state index in [1.54, 1.807) is 12.3 Å². The van der Waals surface area contributed by atoms with E-state index < -0.39 is 0 Å². The van der Waals surface area contributed by atoms with Crippen LogP contribution in [-0.2, 0) is 0 Å². The number of likely N-dealkylation sites (tertiary alicyclic amines) is 1. The van der Waals surface area contributed by atoms with Crippen LogP contribution < -0.4 is 5.32 Å². The lowest BCUT2D eigenvalue weighted by Crippen LogP contribution is -2.33. The summed E-state index contributed by atoms with van der Waals surface area (Å²) in [6, 6.07) is 3.69. The summed E-state index contributed by atoms with van der Waals surface area (Å²) in [5.74, 6) is 1.28. The molecule has 0 spiro atoms. The normalized spacial score (nSPS) is 17.4. The summed E-state index contributed by atoms with van der Waals surface area (Å²) in [7, 11) is 2.15. The van der Waals surface area contributed by atoms with Gasteiger partial charge in [0.15, 0.2) is 0 Å². The van der Waals surface area contributed by atoms with Crippen LogP contribution in [0.2, 0.25) is 5.02 Å². The van der Waals surface area contributed by atoms with Crippen molar-refractivity contribution in [3.63, 3.8) is 0 Å². The fraction of sp³-hybridized carbons (Fsp3) is 0.538. The van der Waals surface area contributed by atoms with Crippen molar-refractivity contribution in [1.29, 1.82) is 5.26 Å². The van der Waals surface area contributed by atoms with E-state index in [9.17, 15) is 0 Å². The number of piperidine rings is 1. The largest absolute Gasteiger partial charge is 0.369 e. The molecule has 0 amide bonds. The Kier molecular flexibility index (Phi) is 4.40. The number of nitrogens with zero attached hydrogens (tertiary/aromatic N) is 3. The maximum absolute atomic E-state index is 8.89. The van der Waals surface area contributed by atoms with Crippen LogP contribution in [0.1, 0.15) is 18.4 Å². The predicted molar refractivity (Wildman–Crippen MR) is 72.7 cm³/mol. The molecule has 0 bridgehead atoms. The van der Waals surface area contributed by atoms with Crippen molar-refractivity contribution in [2.75, 3.05) is 32.0 Å². The highest BCUT2D eigenvalue weighted by Gasteiger charge is 2.17. The molecule has 0 saturated carbocycles.